The van der Waals surface area contributed by atoms with Crippen molar-refractivity contribution in [2.24, 2.45) is 0 Å². The summed E-state index contributed by atoms with van der Waals surface area (Å²) in [6.45, 7) is 6.58. The fourth-order valence-corrected chi connectivity index (χ4v) is 2.66. The average molecular weight is 280 g/mol. The molecule has 1 heterocycles. The predicted octanol–water partition coefficient (Wildman–Crippen LogP) is 4.69. The van der Waals surface area contributed by atoms with Crippen molar-refractivity contribution < 1.29 is 9.53 Å². The molecule has 0 bridgehead atoms. The summed E-state index contributed by atoms with van der Waals surface area (Å²) in [4.78, 5) is 12.2. The molecule has 0 radical (unpaired) electrons. The number of carbonyl (C=O) groups is 1. The number of Topliss-reactive ketones (excluding diaryl/α,β-unsaturated/α-hetero) is 1. The molecule has 0 aliphatic carbocycles. The van der Waals surface area contributed by atoms with Crippen molar-refractivity contribution in [1.82, 2.24) is 0 Å². The van der Waals surface area contributed by atoms with Gasteiger partial charge in [0.25, 0.3) is 0 Å². The van der Waals surface area contributed by atoms with Crippen LogP contribution >= 0.6 is 0 Å². The third kappa shape index (κ3) is 2.71. The molecule has 0 aromatic heterocycles. The Balaban J connectivity index is 1.88. The first kappa shape index (κ1) is 13.9. The minimum Gasteiger partial charge on any atom is -0.484 e. The van der Waals surface area contributed by atoms with Crippen LogP contribution in [-0.4, -0.2) is 5.78 Å². The number of rotatable bonds is 1. The van der Waals surface area contributed by atoms with Gasteiger partial charge in [0.15, 0.2) is 5.78 Å². The molecule has 2 aromatic carbocycles. The molecule has 1 aliphatic rings. The van der Waals surface area contributed by atoms with Gasteiger partial charge in [0.1, 0.15) is 11.9 Å². The van der Waals surface area contributed by atoms with Crippen LogP contribution in [0.2, 0.25) is 0 Å². The highest BCUT2D eigenvalue weighted by Gasteiger charge is 2.27. The van der Waals surface area contributed by atoms with Crippen LogP contribution in [0.1, 0.15) is 54.8 Å². The number of hydrogen-bond donors (Lipinski definition) is 0. The average Bonchev–Trinajstić information content (AvgIpc) is 2.46. The van der Waals surface area contributed by atoms with E-state index < -0.39 is 0 Å². The van der Waals surface area contributed by atoms with Crippen molar-refractivity contribution in [1.29, 1.82) is 0 Å². The molecule has 1 aliphatic heterocycles. The van der Waals surface area contributed by atoms with Crippen LogP contribution in [0.15, 0.2) is 48.5 Å². The van der Waals surface area contributed by atoms with Crippen LogP contribution in [0.4, 0.5) is 0 Å². The monoisotopic (exact) mass is 280 g/mol. The van der Waals surface area contributed by atoms with E-state index in [4.69, 9.17) is 4.74 Å². The Labute approximate surface area is 125 Å². The predicted molar refractivity (Wildman–Crippen MR) is 83.9 cm³/mol. The maximum Gasteiger partial charge on any atom is 0.170 e. The van der Waals surface area contributed by atoms with Gasteiger partial charge < -0.3 is 4.74 Å². The largest absolute Gasteiger partial charge is 0.484 e. The quantitative estimate of drug-likeness (QED) is 0.757. The second-order valence-electron chi connectivity index (χ2n) is 6.60. The topological polar surface area (TPSA) is 26.3 Å². The summed E-state index contributed by atoms with van der Waals surface area (Å²) in [7, 11) is 0. The highest BCUT2D eigenvalue weighted by molar-refractivity contribution is 5.99. The first-order chi connectivity index (χ1) is 9.95. The number of para-hydroxylation sites is 1. The molecule has 2 heteroatoms. The summed E-state index contributed by atoms with van der Waals surface area (Å²) in [5.74, 6) is 0.848. The van der Waals surface area contributed by atoms with Crippen LogP contribution in [0.3, 0.4) is 0 Å². The van der Waals surface area contributed by atoms with Crippen molar-refractivity contribution >= 4 is 5.78 Å². The van der Waals surface area contributed by atoms with Gasteiger partial charge >= 0.3 is 0 Å². The smallest absolute Gasteiger partial charge is 0.170 e. The lowest BCUT2D eigenvalue weighted by Gasteiger charge is -2.26. The molecule has 0 amide bonds. The number of ether oxygens (including phenoxy) is 1. The van der Waals surface area contributed by atoms with E-state index in [1.165, 1.54) is 5.56 Å². The summed E-state index contributed by atoms with van der Waals surface area (Å²) in [6.07, 6.45) is 0.229. The van der Waals surface area contributed by atoms with Gasteiger partial charge in [-0.1, -0.05) is 57.2 Å². The Morgan fingerprint density at radius 2 is 1.67 bits per heavy atom. The Morgan fingerprint density at radius 3 is 2.33 bits per heavy atom. The van der Waals surface area contributed by atoms with Gasteiger partial charge in [0.2, 0.25) is 0 Å². The minimum atomic E-state index is -0.179. The van der Waals surface area contributed by atoms with Crippen molar-refractivity contribution in [3.05, 3.63) is 65.2 Å². The number of ketones is 1. The van der Waals surface area contributed by atoms with Gasteiger partial charge in [0, 0.05) is 0 Å². The van der Waals surface area contributed by atoms with Crippen molar-refractivity contribution in [2.45, 2.75) is 38.7 Å². The van der Waals surface area contributed by atoms with Crippen molar-refractivity contribution in [3.8, 4) is 5.75 Å². The van der Waals surface area contributed by atoms with Crippen LogP contribution in [0.5, 0.6) is 5.75 Å². The summed E-state index contributed by atoms with van der Waals surface area (Å²) in [5, 5.41) is 0. The van der Waals surface area contributed by atoms with E-state index in [0.717, 1.165) is 5.56 Å². The summed E-state index contributed by atoms with van der Waals surface area (Å²) >= 11 is 0. The Kier molecular flexibility index (Phi) is 3.32. The molecule has 0 fully saturated rings. The fourth-order valence-electron chi connectivity index (χ4n) is 2.66. The maximum absolute atomic E-state index is 12.2. The first-order valence-corrected chi connectivity index (χ1v) is 7.34. The van der Waals surface area contributed by atoms with Crippen molar-refractivity contribution in [2.75, 3.05) is 0 Å². The second kappa shape index (κ2) is 5.03. The van der Waals surface area contributed by atoms with Gasteiger partial charge in [-0.05, 0) is 28.7 Å². The number of carbonyl (C=O) groups excluding carboxylic acids is 1. The number of fused-ring (bicyclic) bond motifs is 1. The zero-order valence-electron chi connectivity index (χ0n) is 12.7. The van der Waals surface area contributed by atoms with Gasteiger partial charge in [-0.3, -0.25) is 4.79 Å². The standard InChI is InChI=1S/C19H20O2/c1-19(2,3)14-10-8-13(9-11-14)18-12-16(20)15-6-4-5-7-17(15)21-18/h4-11,18H,12H2,1-3H3. The van der Waals surface area contributed by atoms with Crippen LogP contribution in [-0.2, 0) is 5.41 Å². The normalized spacial score (nSPS) is 18.0. The second-order valence-corrected chi connectivity index (χ2v) is 6.60. The van der Waals surface area contributed by atoms with Gasteiger partial charge in [-0.25, -0.2) is 0 Å². The zero-order valence-corrected chi connectivity index (χ0v) is 12.7. The van der Waals surface area contributed by atoms with Crippen LogP contribution in [0, 0.1) is 0 Å². The van der Waals surface area contributed by atoms with Gasteiger partial charge in [0.05, 0.1) is 12.0 Å². The summed E-state index contributed by atoms with van der Waals surface area (Å²) < 4.78 is 5.99. The minimum absolute atomic E-state index is 0.133. The fraction of sp³-hybridized carbons (Fsp3) is 0.316. The lowest BCUT2D eigenvalue weighted by Crippen LogP contribution is -2.20. The van der Waals surface area contributed by atoms with E-state index in [1.807, 2.05) is 24.3 Å². The molecule has 0 saturated heterocycles. The summed E-state index contributed by atoms with van der Waals surface area (Å²) in [5.41, 5.74) is 3.17. The van der Waals surface area contributed by atoms with E-state index in [0.29, 0.717) is 17.7 Å². The summed E-state index contributed by atoms with van der Waals surface area (Å²) in [6, 6.07) is 15.9. The molecular weight excluding hydrogens is 260 g/mol. The SMILES string of the molecule is CC(C)(C)c1ccc(C2CC(=O)c3ccccc3O2)cc1. The van der Waals surface area contributed by atoms with E-state index in [-0.39, 0.29) is 17.3 Å². The highest BCUT2D eigenvalue weighted by atomic mass is 16.5. The van der Waals surface area contributed by atoms with Gasteiger partial charge in [-0.2, -0.15) is 0 Å². The molecule has 0 spiro atoms. The zero-order chi connectivity index (χ0) is 15.0. The van der Waals surface area contributed by atoms with Crippen molar-refractivity contribution in [3.63, 3.8) is 0 Å². The Hall–Kier alpha value is -2.09. The molecule has 0 saturated carbocycles. The lowest BCUT2D eigenvalue weighted by atomic mass is 9.86. The molecule has 2 nitrogen and oxygen atoms in total. The molecule has 2 aromatic rings. The van der Waals surface area contributed by atoms with Crippen LogP contribution in [0.25, 0.3) is 0 Å². The molecule has 0 N–H and O–H groups in total. The Bertz CT molecular complexity index is 663. The first-order valence-electron chi connectivity index (χ1n) is 7.34. The number of benzene rings is 2. The molecular formula is C19H20O2. The Morgan fingerprint density at radius 1 is 1.00 bits per heavy atom. The van der Waals surface area contributed by atoms with E-state index in [2.05, 4.69) is 45.0 Å². The highest BCUT2D eigenvalue weighted by Crippen LogP contribution is 2.35. The van der Waals surface area contributed by atoms with Gasteiger partial charge in [-0.15, -0.1) is 0 Å². The lowest BCUT2D eigenvalue weighted by molar-refractivity contribution is 0.0850. The third-order valence-corrected chi connectivity index (χ3v) is 3.98. The molecule has 1 atom stereocenters. The van der Waals surface area contributed by atoms with E-state index in [1.54, 1.807) is 0 Å². The molecule has 3 rings (SSSR count). The molecule has 1 unspecified atom stereocenters. The molecule has 21 heavy (non-hydrogen) atoms. The van der Waals surface area contributed by atoms with E-state index >= 15 is 0 Å². The maximum atomic E-state index is 12.2. The van der Waals surface area contributed by atoms with Crippen LogP contribution < -0.4 is 4.74 Å². The van der Waals surface area contributed by atoms with E-state index in [9.17, 15) is 4.79 Å². The molecule has 108 valence electrons. The number of hydrogen-bond acceptors (Lipinski definition) is 2. The third-order valence-electron chi connectivity index (χ3n) is 3.98.